The lowest BCUT2D eigenvalue weighted by Crippen LogP contribution is -2.30. The number of carboxylic acid groups (broad SMARTS) is 1. The van der Waals surface area contributed by atoms with Crippen molar-refractivity contribution < 1.29 is 24.2 Å². The Labute approximate surface area is 111 Å². The number of hydrogen-bond acceptors (Lipinski definition) is 4. The number of fused-ring (bicyclic) bond motifs is 1. The van der Waals surface area contributed by atoms with Gasteiger partial charge >= 0.3 is 5.97 Å². The van der Waals surface area contributed by atoms with Gasteiger partial charge in [0.2, 0.25) is 5.91 Å². The molecule has 6 heteroatoms. The van der Waals surface area contributed by atoms with E-state index in [0.717, 1.165) is 5.57 Å². The van der Waals surface area contributed by atoms with Gasteiger partial charge in [-0.15, -0.1) is 0 Å². The van der Waals surface area contributed by atoms with Gasteiger partial charge in [0, 0.05) is 19.0 Å². The Bertz CT molecular complexity index is 440. The van der Waals surface area contributed by atoms with E-state index in [9.17, 15) is 9.59 Å². The molecule has 1 saturated heterocycles. The number of allylic oxidation sites excluding steroid dienone is 1. The highest BCUT2D eigenvalue weighted by atomic mass is 16.7. The normalized spacial score (nSPS) is 25.3. The Morgan fingerprint density at radius 1 is 1.47 bits per heavy atom. The molecule has 0 bridgehead atoms. The fraction of sp³-hybridized carbons (Fsp3) is 0.538. The summed E-state index contributed by atoms with van der Waals surface area (Å²) in [6, 6.07) is 0. The summed E-state index contributed by atoms with van der Waals surface area (Å²) in [5, 5.41) is 11.4. The monoisotopic (exact) mass is 267 g/mol. The van der Waals surface area contributed by atoms with Crippen LogP contribution in [0.1, 0.15) is 26.2 Å². The lowest BCUT2D eigenvalue weighted by molar-refractivity contribution is -0.137. The molecule has 0 aromatic heterocycles. The molecule has 0 saturated carbocycles. The van der Waals surface area contributed by atoms with E-state index < -0.39 is 5.97 Å². The molecule has 0 aromatic rings. The number of carboxylic acids is 1. The highest BCUT2D eigenvalue weighted by Gasteiger charge is 2.33. The minimum atomic E-state index is -0.811. The van der Waals surface area contributed by atoms with Gasteiger partial charge in [-0.05, 0) is 30.6 Å². The largest absolute Gasteiger partial charge is 0.481 e. The van der Waals surface area contributed by atoms with Crippen LogP contribution in [0.5, 0.6) is 0 Å². The minimum absolute atomic E-state index is 0.120. The average molecular weight is 267 g/mol. The van der Waals surface area contributed by atoms with Gasteiger partial charge in [-0.25, -0.2) is 0 Å². The standard InChI is InChI=1S/C13H17NO5/c1-8(15)14-10-5-9(3-2-4-12(16)17)13-11(6-10)18-7-19-13/h5-6,11,13H,2-4,7H2,1H3,(H,14,15)(H,16,17). The third kappa shape index (κ3) is 3.65. The maximum absolute atomic E-state index is 11.1. The van der Waals surface area contributed by atoms with Crippen LogP contribution >= 0.6 is 0 Å². The summed E-state index contributed by atoms with van der Waals surface area (Å²) < 4.78 is 10.9. The fourth-order valence-electron chi connectivity index (χ4n) is 2.27. The van der Waals surface area contributed by atoms with Crippen molar-refractivity contribution in [2.45, 2.75) is 38.4 Å². The molecule has 1 aliphatic carbocycles. The predicted octanol–water partition coefficient (Wildman–Crippen LogP) is 0.943. The van der Waals surface area contributed by atoms with Gasteiger partial charge in [0.15, 0.2) is 0 Å². The first kappa shape index (κ1) is 13.8. The number of hydrogen-bond donors (Lipinski definition) is 2. The highest BCUT2D eigenvalue weighted by molar-refractivity contribution is 5.75. The van der Waals surface area contributed by atoms with Crippen LogP contribution < -0.4 is 5.32 Å². The molecule has 1 aliphatic heterocycles. The number of amides is 1. The summed E-state index contributed by atoms with van der Waals surface area (Å²) in [5.74, 6) is -0.959. The molecule has 2 N–H and O–H groups in total. The minimum Gasteiger partial charge on any atom is -0.481 e. The first-order valence-electron chi connectivity index (χ1n) is 6.21. The third-order valence-electron chi connectivity index (χ3n) is 3.03. The van der Waals surface area contributed by atoms with Crippen LogP contribution in [-0.4, -0.2) is 36.0 Å². The van der Waals surface area contributed by atoms with Gasteiger partial charge < -0.3 is 19.9 Å². The summed E-state index contributed by atoms with van der Waals surface area (Å²) in [7, 11) is 0. The second kappa shape index (κ2) is 5.99. The molecular weight excluding hydrogens is 250 g/mol. The van der Waals surface area contributed by atoms with E-state index in [1.807, 2.05) is 12.2 Å². The van der Waals surface area contributed by atoms with Crippen LogP contribution in [0.4, 0.5) is 0 Å². The van der Waals surface area contributed by atoms with Gasteiger partial charge in [-0.2, -0.15) is 0 Å². The predicted molar refractivity (Wildman–Crippen MR) is 66.1 cm³/mol. The number of nitrogens with one attached hydrogen (secondary N) is 1. The first-order valence-corrected chi connectivity index (χ1v) is 6.21. The van der Waals surface area contributed by atoms with Crippen LogP contribution in [0, 0.1) is 0 Å². The third-order valence-corrected chi connectivity index (χ3v) is 3.03. The van der Waals surface area contributed by atoms with Gasteiger partial charge in [0.25, 0.3) is 0 Å². The Morgan fingerprint density at radius 3 is 2.95 bits per heavy atom. The molecule has 6 nitrogen and oxygen atoms in total. The van der Waals surface area contributed by atoms with Gasteiger partial charge in [-0.3, -0.25) is 9.59 Å². The van der Waals surface area contributed by atoms with Crippen molar-refractivity contribution in [3.63, 3.8) is 0 Å². The van der Waals surface area contributed by atoms with E-state index in [0.29, 0.717) is 18.5 Å². The zero-order valence-corrected chi connectivity index (χ0v) is 10.7. The number of ether oxygens (including phenoxy) is 2. The molecule has 2 rings (SSSR count). The van der Waals surface area contributed by atoms with Gasteiger partial charge in [-0.1, -0.05) is 0 Å². The van der Waals surface area contributed by atoms with Crippen molar-refractivity contribution >= 4 is 11.9 Å². The quantitative estimate of drug-likeness (QED) is 0.774. The van der Waals surface area contributed by atoms with Gasteiger partial charge in [0.1, 0.15) is 19.0 Å². The van der Waals surface area contributed by atoms with Crippen molar-refractivity contribution in [1.82, 2.24) is 5.32 Å². The second-order valence-corrected chi connectivity index (χ2v) is 4.61. The first-order chi connectivity index (χ1) is 9.06. The number of rotatable bonds is 5. The summed E-state index contributed by atoms with van der Waals surface area (Å²) >= 11 is 0. The van der Waals surface area contributed by atoms with E-state index in [1.54, 1.807) is 0 Å². The van der Waals surface area contributed by atoms with Crippen LogP contribution in [0.2, 0.25) is 0 Å². The van der Waals surface area contributed by atoms with Crippen LogP contribution in [0.15, 0.2) is 23.4 Å². The van der Waals surface area contributed by atoms with E-state index in [1.165, 1.54) is 6.92 Å². The van der Waals surface area contributed by atoms with Gasteiger partial charge in [0.05, 0.1) is 0 Å². The zero-order valence-electron chi connectivity index (χ0n) is 10.7. The molecule has 2 unspecified atom stereocenters. The molecule has 0 aromatic carbocycles. The molecule has 1 heterocycles. The Kier molecular flexibility index (Phi) is 4.34. The van der Waals surface area contributed by atoms with Crippen LogP contribution in [-0.2, 0) is 19.1 Å². The van der Waals surface area contributed by atoms with Crippen molar-refractivity contribution in [3.8, 4) is 0 Å². The topological polar surface area (TPSA) is 84.9 Å². The molecule has 2 atom stereocenters. The number of carbonyl (C=O) groups is 2. The lowest BCUT2D eigenvalue weighted by Gasteiger charge is -2.23. The van der Waals surface area contributed by atoms with E-state index >= 15 is 0 Å². The Balaban J connectivity index is 2.04. The Morgan fingerprint density at radius 2 is 2.26 bits per heavy atom. The van der Waals surface area contributed by atoms with Crippen LogP contribution in [0.3, 0.4) is 0 Å². The summed E-state index contributed by atoms with van der Waals surface area (Å²) in [5.41, 5.74) is 1.65. The van der Waals surface area contributed by atoms with E-state index in [2.05, 4.69) is 5.32 Å². The molecule has 0 radical (unpaired) electrons. The van der Waals surface area contributed by atoms with Crippen LogP contribution in [0.25, 0.3) is 0 Å². The van der Waals surface area contributed by atoms with Crippen molar-refractivity contribution in [2.75, 3.05) is 6.79 Å². The maximum Gasteiger partial charge on any atom is 0.303 e. The second-order valence-electron chi connectivity index (χ2n) is 4.61. The number of carbonyl (C=O) groups excluding carboxylic acids is 1. The fourth-order valence-corrected chi connectivity index (χ4v) is 2.27. The maximum atomic E-state index is 11.1. The number of aliphatic carboxylic acids is 1. The molecule has 1 fully saturated rings. The summed E-state index contributed by atoms with van der Waals surface area (Å²) in [6.07, 6.45) is 4.58. The van der Waals surface area contributed by atoms with E-state index in [4.69, 9.17) is 14.6 Å². The molecule has 19 heavy (non-hydrogen) atoms. The van der Waals surface area contributed by atoms with Crippen molar-refractivity contribution in [1.29, 1.82) is 0 Å². The van der Waals surface area contributed by atoms with E-state index in [-0.39, 0.29) is 31.3 Å². The molecule has 104 valence electrons. The smallest absolute Gasteiger partial charge is 0.303 e. The summed E-state index contributed by atoms with van der Waals surface area (Å²) in [4.78, 5) is 21.6. The molecule has 0 spiro atoms. The highest BCUT2D eigenvalue weighted by Crippen LogP contribution is 2.30. The molecule has 1 amide bonds. The van der Waals surface area contributed by atoms with Crippen molar-refractivity contribution in [2.24, 2.45) is 0 Å². The zero-order chi connectivity index (χ0) is 13.8. The lowest BCUT2D eigenvalue weighted by atomic mass is 9.93. The molecular formula is C13H17NO5. The molecule has 2 aliphatic rings. The SMILES string of the molecule is CC(=O)NC1=CC2OCOC2C(CCCC(=O)O)=C1. The average Bonchev–Trinajstić information content (AvgIpc) is 2.75. The summed E-state index contributed by atoms with van der Waals surface area (Å²) in [6.45, 7) is 1.66. The van der Waals surface area contributed by atoms with Crippen molar-refractivity contribution in [3.05, 3.63) is 23.4 Å². The Hall–Kier alpha value is -1.66.